The third kappa shape index (κ3) is 5.20. The third-order valence-electron chi connectivity index (χ3n) is 4.80. The smallest absolute Gasteiger partial charge is 0.276 e. The van der Waals surface area contributed by atoms with Crippen molar-refractivity contribution in [3.63, 3.8) is 0 Å². The minimum absolute atomic E-state index is 0.0490. The van der Waals surface area contributed by atoms with E-state index in [0.29, 0.717) is 11.4 Å². The van der Waals surface area contributed by atoms with Crippen LogP contribution in [0.5, 0.6) is 0 Å². The fraction of sp³-hybridized carbons (Fsp3) is 0.217. The Balaban J connectivity index is 1.70. The number of benzene rings is 2. The van der Waals surface area contributed by atoms with Crippen LogP contribution in [-0.4, -0.2) is 21.6 Å². The quantitative estimate of drug-likeness (QED) is 0.659. The normalized spacial score (nSPS) is 10.5. The number of hydrogen-bond acceptors (Lipinski definition) is 4. The molecule has 7 nitrogen and oxygen atoms in total. The molecule has 3 aromatic rings. The van der Waals surface area contributed by atoms with Gasteiger partial charge in [-0.2, -0.15) is 5.10 Å². The number of nitrogens with zero attached hydrogens (tertiary/aromatic N) is 2. The third-order valence-corrected chi connectivity index (χ3v) is 4.80. The lowest BCUT2D eigenvalue weighted by Gasteiger charge is -2.10. The standard InChI is InChI=1S/C23H24N4O3/c1-4-17-6-9-18(10-7-17)24-21(28)14-27-22(29)12-11-20(26-27)23(30)25-19-8-5-15(2)16(3)13-19/h5-13H,4,14H2,1-3H3,(H,24,28)(H,25,30). The van der Waals surface area contributed by atoms with Crippen molar-refractivity contribution in [3.05, 3.63) is 87.3 Å². The van der Waals surface area contributed by atoms with Gasteiger partial charge in [-0.1, -0.05) is 25.1 Å². The summed E-state index contributed by atoms with van der Waals surface area (Å²) < 4.78 is 0.977. The minimum Gasteiger partial charge on any atom is -0.324 e. The van der Waals surface area contributed by atoms with Gasteiger partial charge >= 0.3 is 0 Å². The molecule has 154 valence electrons. The Kier molecular flexibility index (Phi) is 6.41. The lowest BCUT2D eigenvalue weighted by Crippen LogP contribution is -2.31. The molecule has 0 bridgehead atoms. The molecule has 1 heterocycles. The van der Waals surface area contributed by atoms with Gasteiger partial charge in [-0.15, -0.1) is 0 Å². The van der Waals surface area contributed by atoms with Crippen LogP contribution in [0.1, 0.15) is 34.1 Å². The molecule has 0 aliphatic heterocycles. The van der Waals surface area contributed by atoms with E-state index in [1.165, 1.54) is 12.1 Å². The summed E-state index contributed by atoms with van der Waals surface area (Å²) in [5, 5.41) is 9.54. The molecule has 2 aromatic carbocycles. The highest BCUT2D eigenvalue weighted by atomic mass is 16.2. The Bertz CT molecular complexity index is 1130. The van der Waals surface area contributed by atoms with Crippen molar-refractivity contribution in [2.75, 3.05) is 10.6 Å². The number of aryl methyl sites for hydroxylation is 3. The second kappa shape index (κ2) is 9.17. The number of carbonyl (C=O) groups is 2. The largest absolute Gasteiger partial charge is 0.324 e. The molecule has 0 radical (unpaired) electrons. The second-order valence-electron chi connectivity index (χ2n) is 7.07. The van der Waals surface area contributed by atoms with Gasteiger partial charge in [0.05, 0.1) is 0 Å². The van der Waals surface area contributed by atoms with Crippen LogP contribution >= 0.6 is 0 Å². The van der Waals surface area contributed by atoms with Gasteiger partial charge in [0.25, 0.3) is 11.5 Å². The first-order valence-electron chi connectivity index (χ1n) is 9.71. The molecule has 0 atom stereocenters. The SMILES string of the molecule is CCc1ccc(NC(=O)Cn2nc(C(=O)Nc3ccc(C)c(C)c3)ccc2=O)cc1. The van der Waals surface area contributed by atoms with E-state index in [1.807, 2.05) is 38.1 Å². The Morgan fingerprint density at radius 2 is 1.60 bits per heavy atom. The summed E-state index contributed by atoms with van der Waals surface area (Å²) in [7, 11) is 0. The van der Waals surface area contributed by atoms with Gasteiger partial charge in [0.2, 0.25) is 5.91 Å². The number of nitrogens with one attached hydrogen (secondary N) is 2. The molecule has 7 heteroatoms. The molecule has 2 N–H and O–H groups in total. The number of amides is 2. The molecule has 0 saturated carbocycles. The molecule has 0 unspecified atom stereocenters. The van der Waals surface area contributed by atoms with E-state index in [0.717, 1.165) is 27.8 Å². The summed E-state index contributed by atoms with van der Waals surface area (Å²) in [6, 6.07) is 15.6. The van der Waals surface area contributed by atoms with Gasteiger partial charge in [0.1, 0.15) is 12.2 Å². The lowest BCUT2D eigenvalue weighted by atomic mass is 10.1. The Morgan fingerprint density at radius 3 is 2.27 bits per heavy atom. The van der Waals surface area contributed by atoms with Crippen LogP contribution in [0.25, 0.3) is 0 Å². The zero-order chi connectivity index (χ0) is 21.7. The molecule has 30 heavy (non-hydrogen) atoms. The molecular weight excluding hydrogens is 380 g/mol. The summed E-state index contributed by atoms with van der Waals surface area (Å²) in [6.45, 7) is 5.70. The fourth-order valence-corrected chi connectivity index (χ4v) is 2.86. The topological polar surface area (TPSA) is 93.1 Å². The fourth-order valence-electron chi connectivity index (χ4n) is 2.86. The second-order valence-corrected chi connectivity index (χ2v) is 7.07. The van der Waals surface area contributed by atoms with Crippen molar-refractivity contribution in [3.8, 4) is 0 Å². The van der Waals surface area contributed by atoms with Gasteiger partial charge in [-0.3, -0.25) is 14.4 Å². The van der Waals surface area contributed by atoms with Crippen molar-refractivity contribution in [2.45, 2.75) is 33.7 Å². The van der Waals surface area contributed by atoms with E-state index in [1.54, 1.807) is 18.2 Å². The van der Waals surface area contributed by atoms with Gasteiger partial charge in [0, 0.05) is 17.4 Å². The van der Waals surface area contributed by atoms with Crippen molar-refractivity contribution in [1.82, 2.24) is 9.78 Å². The summed E-state index contributed by atoms with van der Waals surface area (Å²) in [6.07, 6.45) is 0.907. The maximum Gasteiger partial charge on any atom is 0.276 e. The highest BCUT2D eigenvalue weighted by Crippen LogP contribution is 2.15. The molecule has 0 aliphatic rings. The monoisotopic (exact) mass is 404 g/mol. The molecule has 0 aliphatic carbocycles. The van der Waals surface area contributed by atoms with Crippen LogP contribution in [0.4, 0.5) is 11.4 Å². The molecule has 2 amide bonds. The van der Waals surface area contributed by atoms with E-state index in [2.05, 4.69) is 22.7 Å². The number of anilines is 2. The van der Waals surface area contributed by atoms with E-state index >= 15 is 0 Å². The summed E-state index contributed by atoms with van der Waals surface area (Å²) in [4.78, 5) is 36.9. The van der Waals surface area contributed by atoms with Crippen molar-refractivity contribution in [2.24, 2.45) is 0 Å². The number of aromatic nitrogens is 2. The Morgan fingerprint density at radius 1 is 0.900 bits per heavy atom. The average Bonchev–Trinajstić information content (AvgIpc) is 2.73. The van der Waals surface area contributed by atoms with Gasteiger partial charge in [-0.25, -0.2) is 4.68 Å². The molecular formula is C23H24N4O3. The summed E-state index contributed by atoms with van der Waals surface area (Å²) in [5.74, 6) is -0.858. The first-order chi connectivity index (χ1) is 14.4. The highest BCUT2D eigenvalue weighted by molar-refractivity contribution is 6.02. The van der Waals surface area contributed by atoms with Crippen LogP contribution in [0.3, 0.4) is 0 Å². The van der Waals surface area contributed by atoms with Crippen molar-refractivity contribution in [1.29, 1.82) is 0 Å². The maximum atomic E-state index is 12.5. The van der Waals surface area contributed by atoms with E-state index in [4.69, 9.17) is 0 Å². The molecule has 0 saturated heterocycles. The highest BCUT2D eigenvalue weighted by Gasteiger charge is 2.13. The maximum absolute atomic E-state index is 12.5. The molecule has 1 aromatic heterocycles. The average molecular weight is 404 g/mol. The van der Waals surface area contributed by atoms with Gasteiger partial charge < -0.3 is 10.6 Å². The predicted molar refractivity (Wildman–Crippen MR) is 117 cm³/mol. The van der Waals surface area contributed by atoms with Crippen LogP contribution in [0.2, 0.25) is 0 Å². The molecule has 0 fully saturated rings. The predicted octanol–water partition coefficient (Wildman–Crippen LogP) is 3.31. The van der Waals surface area contributed by atoms with E-state index < -0.39 is 17.4 Å². The van der Waals surface area contributed by atoms with Crippen LogP contribution in [0.15, 0.2) is 59.4 Å². The zero-order valence-corrected chi connectivity index (χ0v) is 17.2. The Hall–Kier alpha value is -3.74. The van der Waals surface area contributed by atoms with Gasteiger partial charge in [-0.05, 0) is 67.3 Å². The van der Waals surface area contributed by atoms with Crippen molar-refractivity contribution >= 4 is 23.2 Å². The summed E-state index contributed by atoms with van der Waals surface area (Å²) >= 11 is 0. The van der Waals surface area contributed by atoms with E-state index in [-0.39, 0.29) is 12.2 Å². The van der Waals surface area contributed by atoms with Crippen LogP contribution in [0, 0.1) is 13.8 Å². The zero-order valence-electron chi connectivity index (χ0n) is 17.2. The number of carbonyl (C=O) groups excluding carboxylic acids is 2. The molecule has 0 spiro atoms. The molecule has 3 rings (SSSR count). The van der Waals surface area contributed by atoms with Crippen molar-refractivity contribution < 1.29 is 9.59 Å². The summed E-state index contributed by atoms with van der Waals surface area (Å²) in [5.41, 5.74) is 4.18. The first kappa shape index (κ1) is 21.0. The Labute approximate surface area is 174 Å². The first-order valence-corrected chi connectivity index (χ1v) is 9.71. The minimum atomic E-state index is -0.464. The van der Waals surface area contributed by atoms with E-state index in [9.17, 15) is 14.4 Å². The number of hydrogen-bond donors (Lipinski definition) is 2. The van der Waals surface area contributed by atoms with Crippen LogP contribution in [-0.2, 0) is 17.8 Å². The number of rotatable bonds is 6. The lowest BCUT2D eigenvalue weighted by molar-refractivity contribution is -0.117. The van der Waals surface area contributed by atoms with Crippen LogP contribution < -0.4 is 16.2 Å². The van der Waals surface area contributed by atoms with Gasteiger partial charge in [0.15, 0.2) is 0 Å².